The molecule has 39 heavy (non-hydrogen) atoms. The van der Waals surface area contributed by atoms with Crippen molar-refractivity contribution in [2.75, 3.05) is 0 Å². The Labute approximate surface area is 249 Å². The van der Waals surface area contributed by atoms with Crippen LogP contribution >= 0.6 is 66.8 Å². The molecule has 1 aliphatic heterocycles. The lowest BCUT2D eigenvalue weighted by Gasteiger charge is -2.14. The second-order valence-electron chi connectivity index (χ2n) is 7.82. The summed E-state index contributed by atoms with van der Waals surface area (Å²) in [6.45, 7) is -0.118. The number of nitrogens with zero attached hydrogens (tertiary/aromatic N) is 2. The van der Waals surface area contributed by atoms with Gasteiger partial charge in [0.15, 0.2) is 5.75 Å². The lowest BCUT2D eigenvalue weighted by Crippen LogP contribution is -2.27. The fourth-order valence-corrected chi connectivity index (χ4v) is 6.16. The smallest absolute Gasteiger partial charge is 0.416 e. The van der Waals surface area contributed by atoms with E-state index in [1.54, 1.807) is 18.2 Å². The van der Waals surface area contributed by atoms with Crippen molar-refractivity contribution >= 4 is 89.7 Å². The van der Waals surface area contributed by atoms with E-state index in [9.17, 15) is 32.9 Å². The van der Waals surface area contributed by atoms with Crippen LogP contribution < -0.4 is 4.74 Å². The van der Waals surface area contributed by atoms with Gasteiger partial charge >= 0.3 is 11.9 Å². The number of nitro benzene ring substituents is 1. The van der Waals surface area contributed by atoms with Crippen molar-refractivity contribution in [3.63, 3.8) is 0 Å². The third-order valence-electron chi connectivity index (χ3n) is 5.26. The summed E-state index contributed by atoms with van der Waals surface area (Å²) in [6.07, 6.45) is -3.31. The summed E-state index contributed by atoms with van der Waals surface area (Å²) in [6, 6.07) is 9.76. The summed E-state index contributed by atoms with van der Waals surface area (Å²) in [4.78, 5) is 37.1. The quantitative estimate of drug-likeness (QED) is 0.143. The van der Waals surface area contributed by atoms with Gasteiger partial charge in [0.25, 0.3) is 11.1 Å². The van der Waals surface area contributed by atoms with E-state index in [1.165, 1.54) is 18.2 Å². The molecule has 0 aromatic heterocycles. The van der Waals surface area contributed by atoms with Crippen molar-refractivity contribution in [3.05, 3.63) is 99.2 Å². The highest BCUT2D eigenvalue weighted by Crippen LogP contribution is 2.43. The van der Waals surface area contributed by atoms with Crippen molar-refractivity contribution in [2.45, 2.75) is 12.7 Å². The number of imide groups is 1. The van der Waals surface area contributed by atoms with Crippen LogP contribution in [0.4, 0.5) is 23.7 Å². The number of carbonyl (C=O) groups excluding carboxylic acids is 2. The molecule has 1 saturated heterocycles. The number of carbonyl (C=O) groups is 2. The minimum Gasteiger partial charge on any atom is -0.448 e. The van der Waals surface area contributed by atoms with E-state index in [0.717, 1.165) is 22.7 Å². The Kier molecular flexibility index (Phi) is 8.67. The molecular formula is C24H11Br2Cl2F3N2O5S. The number of benzene rings is 3. The van der Waals surface area contributed by atoms with Crippen LogP contribution in [-0.4, -0.2) is 21.0 Å². The Morgan fingerprint density at radius 2 is 1.67 bits per heavy atom. The number of ether oxygens (including phenoxy) is 1. The van der Waals surface area contributed by atoms with E-state index in [1.807, 2.05) is 0 Å². The minimum atomic E-state index is -4.77. The van der Waals surface area contributed by atoms with E-state index in [2.05, 4.69) is 31.9 Å². The highest BCUT2D eigenvalue weighted by atomic mass is 79.9. The predicted octanol–water partition coefficient (Wildman–Crippen LogP) is 9.47. The Morgan fingerprint density at radius 1 is 1.05 bits per heavy atom. The van der Waals surface area contributed by atoms with Gasteiger partial charge in [-0.05, 0) is 91.7 Å². The molecule has 1 fully saturated rings. The van der Waals surface area contributed by atoms with E-state index in [0.29, 0.717) is 33.3 Å². The number of thioether (sulfide) groups is 1. The molecule has 0 radical (unpaired) electrons. The summed E-state index contributed by atoms with van der Waals surface area (Å²) in [5, 5.41) is 11.5. The van der Waals surface area contributed by atoms with Crippen molar-refractivity contribution in [3.8, 4) is 11.5 Å². The first-order valence-electron chi connectivity index (χ1n) is 10.5. The number of halogens is 7. The normalized spacial score (nSPS) is 14.8. The molecule has 15 heteroatoms. The van der Waals surface area contributed by atoms with Gasteiger partial charge in [-0.3, -0.25) is 24.6 Å². The Morgan fingerprint density at radius 3 is 2.23 bits per heavy atom. The highest BCUT2D eigenvalue weighted by Gasteiger charge is 2.36. The first-order valence-corrected chi connectivity index (χ1v) is 13.6. The van der Waals surface area contributed by atoms with E-state index >= 15 is 0 Å². The van der Waals surface area contributed by atoms with Gasteiger partial charge in [-0.25, -0.2) is 0 Å². The molecule has 0 atom stereocenters. The Balaban J connectivity index is 1.60. The van der Waals surface area contributed by atoms with Gasteiger partial charge in [-0.2, -0.15) is 13.2 Å². The number of hydrogen-bond donors (Lipinski definition) is 0. The van der Waals surface area contributed by atoms with Crippen LogP contribution in [0.25, 0.3) is 6.08 Å². The summed E-state index contributed by atoms with van der Waals surface area (Å²) in [7, 11) is 0. The maximum atomic E-state index is 13.0. The van der Waals surface area contributed by atoms with Crippen molar-refractivity contribution in [1.82, 2.24) is 4.90 Å². The number of nitro groups is 1. The lowest BCUT2D eigenvalue weighted by atomic mass is 10.1. The monoisotopic (exact) mass is 724 g/mol. The number of rotatable bonds is 6. The first-order chi connectivity index (χ1) is 18.3. The Bertz CT molecular complexity index is 1530. The SMILES string of the molecule is O=C1S/C(=C\c2cc(Br)c(Oc3ccc(C(F)(F)F)cc3[N+](=O)[O-])c(Br)c2)C(=O)N1Cc1c(Cl)cccc1Cl. The van der Waals surface area contributed by atoms with Crippen molar-refractivity contribution in [1.29, 1.82) is 0 Å². The summed E-state index contributed by atoms with van der Waals surface area (Å²) >= 11 is 19.6. The van der Waals surface area contributed by atoms with Gasteiger partial charge in [0, 0.05) is 21.7 Å². The third-order valence-corrected chi connectivity index (χ3v) is 8.06. The van der Waals surface area contributed by atoms with Crippen molar-refractivity contribution < 1.29 is 32.4 Å². The van der Waals surface area contributed by atoms with Crippen LogP contribution in [0.5, 0.6) is 11.5 Å². The fraction of sp³-hybridized carbons (Fsp3) is 0.0833. The van der Waals surface area contributed by atoms with Gasteiger partial charge in [-0.1, -0.05) is 29.3 Å². The second kappa shape index (κ2) is 11.5. The molecule has 0 saturated carbocycles. The molecule has 0 aliphatic carbocycles. The second-order valence-corrected chi connectivity index (χ2v) is 11.3. The standard InChI is InChI=1S/C24H11Br2Cl2F3N2O5S/c25-14-6-11(8-20-22(34)32(23(35)39-20)10-13-16(27)2-1-3-17(13)28)7-15(26)21(14)38-19-5-4-12(24(29,30)31)9-18(19)33(36)37/h1-9H,10H2/b20-8-. The van der Waals surface area contributed by atoms with Crippen LogP contribution in [0.3, 0.4) is 0 Å². The number of alkyl halides is 3. The lowest BCUT2D eigenvalue weighted by molar-refractivity contribution is -0.385. The molecule has 0 N–H and O–H groups in total. The van der Waals surface area contributed by atoms with Crippen LogP contribution in [0, 0.1) is 10.1 Å². The topological polar surface area (TPSA) is 89.7 Å². The van der Waals surface area contributed by atoms with Gasteiger partial charge in [0.05, 0.1) is 30.9 Å². The van der Waals surface area contributed by atoms with Crippen LogP contribution in [0.15, 0.2) is 62.4 Å². The van der Waals surface area contributed by atoms with E-state index in [4.69, 9.17) is 27.9 Å². The van der Waals surface area contributed by atoms with Crippen LogP contribution in [0.2, 0.25) is 10.0 Å². The molecule has 3 aromatic carbocycles. The molecule has 2 amide bonds. The molecule has 0 spiro atoms. The highest BCUT2D eigenvalue weighted by molar-refractivity contribution is 9.11. The Hall–Kier alpha value is -2.58. The zero-order valence-corrected chi connectivity index (χ0v) is 24.4. The average Bonchev–Trinajstić information content (AvgIpc) is 3.10. The van der Waals surface area contributed by atoms with Gasteiger partial charge in [0.1, 0.15) is 0 Å². The van der Waals surface area contributed by atoms with Crippen LogP contribution in [0.1, 0.15) is 16.7 Å². The van der Waals surface area contributed by atoms with Crippen molar-refractivity contribution in [2.24, 2.45) is 0 Å². The summed E-state index contributed by atoms with van der Waals surface area (Å²) in [5.41, 5.74) is -1.20. The first kappa shape index (κ1) is 29.4. The largest absolute Gasteiger partial charge is 0.448 e. The summed E-state index contributed by atoms with van der Waals surface area (Å²) in [5.74, 6) is -0.938. The van der Waals surface area contributed by atoms with E-state index in [-0.39, 0.29) is 26.1 Å². The number of amides is 2. The average molecular weight is 727 g/mol. The molecular weight excluding hydrogens is 716 g/mol. The molecule has 0 bridgehead atoms. The van der Waals surface area contributed by atoms with Gasteiger partial charge in [0.2, 0.25) is 5.75 Å². The van der Waals surface area contributed by atoms with Crippen LogP contribution in [-0.2, 0) is 17.5 Å². The third kappa shape index (κ3) is 6.43. The number of hydrogen-bond acceptors (Lipinski definition) is 6. The van der Waals surface area contributed by atoms with E-state index < -0.39 is 39.2 Å². The zero-order chi connectivity index (χ0) is 28.6. The maximum absolute atomic E-state index is 13.0. The molecule has 202 valence electrons. The molecule has 1 heterocycles. The molecule has 4 rings (SSSR count). The maximum Gasteiger partial charge on any atom is 0.416 e. The molecule has 3 aromatic rings. The molecule has 0 unspecified atom stereocenters. The zero-order valence-electron chi connectivity index (χ0n) is 18.9. The van der Waals surface area contributed by atoms with Gasteiger partial charge in [-0.15, -0.1) is 0 Å². The predicted molar refractivity (Wildman–Crippen MR) is 148 cm³/mol. The van der Waals surface area contributed by atoms with Gasteiger partial charge < -0.3 is 4.74 Å². The molecule has 7 nitrogen and oxygen atoms in total. The minimum absolute atomic E-state index is 0.0384. The summed E-state index contributed by atoms with van der Waals surface area (Å²) < 4.78 is 45.1. The fourth-order valence-electron chi connectivity index (χ4n) is 3.42. The molecule has 1 aliphatic rings.